The molecule has 0 bridgehead atoms. The van der Waals surface area contributed by atoms with E-state index in [4.69, 9.17) is 4.74 Å². The monoisotopic (exact) mass is 399 g/mol. The number of aliphatic carboxylic acids is 1. The number of hydrogen-bond donors (Lipinski definition) is 2. The molecule has 2 aromatic rings. The van der Waals surface area contributed by atoms with Crippen molar-refractivity contribution in [1.82, 2.24) is 15.2 Å². The number of carboxylic acid groups (broad SMARTS) is 1. The van der Waals surface area contributed by atoms with Crippen molar-refractivity contribution in [3.63, 3.8) is 0 Å². The fourth-order valence-electron chi connectivity index (χ4n) is 4.28. The number of halogens is 1. The molecule has 8 heteroatoms. The minimum Gasteiger partial charge on any atom is -0.481 e. The Morgan fingerprint density at radius 1 is 1.28 bits per heavy atom. The van der Waals surface area contributed by atoms with Crippen molar-refractivity contribution in [3.8, 4) is 11.6 Å². The third kappa shape index (κ3) is 3.87. The summed E-state index contributed by atoms with van der Waals surface area (Å²) in [7, 11) is 0. The molecule has 1 aromatic heterocycles. The van der Waals surface area contributed by atoms with Gasteiger partial charge in [0.2, 0.25) is 5.88 Å². The summed E-state index contributed by atoms with van der Waals surface area (Å²) in [4.78, 5) is 30.0. The molecule has 1 aromatic carbocycles. The van der Waals surface area contributed by atoms with Gasteiger partial charge in [0.05, 0.1) is 5.41 Å². The quantitative estimate of drug-likeness (QED) is 0.804. The maximum Gasteiger partial charge on any atom is 0.317 e. The summed E-state index contributed by atoms with van der Waals surface area (Å²) in [5.74, 6) is -0.256. The highest BCUT2D eigenvalue weighted by Gasteiger charge is 2.55. The van der Waals surface area contributed by atoms with Crippen LogP contribution in [0.15, 0.2) is 42.6 Å². The fraction of sp³-hybridized carbons (Fsp3) is 0.381. The summed E-state index contributed by atoms with van der Waals surface area (Å²) in [5, 5.41) is 12.5. The number of carboxylic acids is 1. The molecule has 1 aliphatic carbocycles. The number of aromatic nitrogens is 1. The van der Waals surface area contributed by atoms with Gasteiger partial charge in [-0.3, -0.25) is 4.79 Å². The molecule has 4 rings (SSSR count). The summed E-state index contributed by atoms with van der Waals surface area (Å²) in [6.45, 7) is 1.03. The van der Waals surface area contributed by atoms with Crippen molar-refractivity contribution in [2.24, 2.45) is 11.3 Å². The molecule has 2 atom stereocenters. The zero-order valence-corrected chi connectivity index (χ0v) is 15.8. The highest BCUT2D eigenvalue weighted by atomic mass is 19.1. The van der Waals surface area contributed by atoms with Gasteiger partial charge in [-0.15, -0.1) is 0 Å². The number of carbonyl (C=O) groups is 2. The fourth-order valence-corrected chi connectivity index (χ4v) is 4.28. The van der Waals surface area contributed by atoms with Crippen LogP contribution < -0.4 is 10.1 Å². The van der Waals surface area contributed by atoms with E-state index in [-0.39, 0.29) is 30.9 Å². The van der Waals surface area contributed by atoms with Crippen LogP contribution in [0.25, 0.3) is 0 Å². The number of carbonyl (C=O) groups excluding carboxylic acids is 1. The van der Waals surface area contributed by atoms with Crippen LogP contribution in [0.3, 0.4) is 0 Å². The summed E-state index contributed by atoms with van der Waals surface area (Å²) in [6.07, 6.45) is 3.99. The zero-order valence-electron chi connectivity index (χ0n) is 15.8. The number of nitrogens with one attached hydrogen (secondary N) is 1. The maximum absolute atomic E-state index is 12.9. The minimum absolute atomic E-state index is 0.0373. The Hall–Kier alpha value is -3.16. The molecule has 2 heterocycles. The number of fused-ring (bicyclic) bond motifs is 1. The highest BCUT2D eigenvalue weighted by molar-refractivity contribution is 5.80. The van der Waals surface area contributed by atoms with Crippen LogP contribution in [0, 0.1) is 17.2 Å². The van der Waals surface area contributed by atoms with Gasteiger partial charge in [0.15, 0.2) is 0 Å². The smallest absolute Gasteiger partial charge is 0.317 e. The predicted octanol–water partition coefficient (Wildman–Crippen LogP) is 3.41. The molecule has 1 aliphatic heterocycles. The molecule has 2 aliphatic rings. The molecule has 2 N–H and O–H groups in total. The van der Waals surface area contributed by atoms with E-state index in [9.17, 15) is 19.1 Å². The van der Waals surface area contributed by atoms with Crippen molar-refractivity contribution < 1.29 is 23.8 Å². The van der Waals surface area contributed by atoms with E-state index in [1.807, 2.05) is 0 Å². The van der Waals surface area contributed by atoms with E-state index >= 15 is 0 Å². The Morgan fingerprint density at radius 3 is 2.72 bits per heavy atom. The molecule has 0 unspecified atom stereocenters. The van der Waals surface area contributed by atoms with E-state index in [1.54, 1.807) is 23.2 Å². The normalized spacial score (nSPS) is 22.9. The first-order chi connectivity index (χ1) is 14.0. The highest BCUT2D eigenvalue weighted by Crippen LogP contribution is 2.48. The number of amides is 2. The summed E-state index contributed by atoms with van der Waals surface area (Å²) >= 11 is 0. The van der Waals surface area contributed by atoms with Gasteiger partial charge in [0.25, 0.3) is 0 Å². The number of pyridine rings is 1. The standard InChI is InChI=1S/C21H22FN3O4/c22-16-4-6-17(7-5-16)29-18-8-3-14(10-23-18)11-24-20(28)25-12-15-2-1-9-21(15,13-25)19(26)27/h3-8,10,15H,1-2,9,11-13H2,(H,24,28)(H,26,27)/t15-,21+/m0/s1. The second-order valence-electron chi connectivity index (χ2n) is 7.65. The lowest BCUT2D eigenvalue weighted by Gasteiger charge is -2.23. The molecular weight excluding hydrogens is 377 g/mol. The Bertz CT molecular complexity index is 903. The number of rotatable bonds is 5. The molecule has 1 saturated heterocycles. The van der Waals surface area contributed by atoms with E-state index in [0.29, 0.717) is 24.6 Å². The van der Waals surface area contributed by atoms with E-state index < -0.39 is 11.4 Å². The largest absolute Gasteiger partial charge is 0.481 e. The molecule has 0 spiro atoms. The number of benzene rings is 1. The molecule has 7 nitrogen and oxygen atoms in total. The van der Waals surface area contributed by atoms with Crippen LogP contribution in [-0.4, -0.2) is 40.1 Å². The Kier molecular flexibility index (Phi) is 5.08. The van der Waals surface area contributed by atoms with Crippen LogP contribution in [0.4, 0.5) is 9.18 Å². The van der Waals surface area contributed by atoms with Gasteiger partial charge in [-0.25, -0.2) is 14.2 Å². The van der Waals surface area contributed by atoms with Crippen LogP contribution >= 0.6 is 0 Å². The lowest BCUT2D eigenvalue weighted by Crippen LogP contribution is -2.41. The topological polar surface area (TPSA) is 91.8 Å². The molecule has 2 amide bonds. The van der Waals surface area contributed by atoms with Crippen LogP contribution in [0.2, 0.25) is 0 Å². The summed E-state index contributed by atoms with van der Waals surface area (Å²) in [5.41, 5.74) is 0.00950. The van der Waals surface area contributed by atoms with Crippen LogP contribution in [0.5, 0.6) is 11.6 Å². The van der Waals surface area contributed by atoms with E-state index in [1.165, 1.54) is 24.3 Å². The molecule has 152 valence electrons. The summed E-state index contributed by atoms with van der Waals surface area (Å²) in [6, 6.07) is 8.84. The van der Waals surface area contributed by atoms with Crippen molar-refractivity contribution in [1.29, 1.82) is 0 Å². The van der Waals surface area contributed by atoms with Crippen molar-refractivity contribution in [3.05, 3.63) is 54.0 Å². The van der Waals surface area contributed by atoms with Crippen molar-refractivity contribution in [2.45, 2.75) is 25.8 Å². The first-order valence-corrected chi connectivity index (χ1v) is 9.61. The van der Waals surface area contributed by atoms with Gasteiger partial charge in [0, 0.05) is 31.9 Å². The van der Waals surface area contributed by atoms with Gasteiger partial charge in [-0.05, 0) is 48.6 Å². The second-order valence-corrected chi connectivity index (χ2v) is 7.65. The van der Waals surface area contributed by atoms with Gasteiger partial charge in [-0.2, -0.15) is 0 Å². The Balaban J connectivity index is 1.31. The molecule has 0 radical (unpaired) electrons. The maximum atomic E-state index is 12.9. The van der Waals surface area contributed by atoms with Crippen LogP contribution in [-0.2, 0) is 11.3 Å². The lowest BCUT2D eigenvalue weighted by atomic mass is 9.81. The lowest BCUT2D eigenvalue weighted by molar-refractivity contribution is -0.149. The van der Waals surface area contributed by atoms with E-state index in [0.717, 1.165) is 18.4 Å². The van der Waals surface area contributed by atoms with Crippen molar-refractivity contribution >= 4 is 12.0 Å². The average Bonchev–Trinajstić information content (AvgIpc) is 3.28. The molecule has 1 saturated carbocycles. The molecule has 2 fully saturated rings. The number of likely N-dealkylation sites (tertiary alicyclic amines) is 1. The number of urea groups is 1. The minimum atomic E-state index is -0.795. The van der Waals surface area contributed by atoms with Gasteiger partial charge >= 0.3 is 12.0 Å². The third-order valence-corrected chi connectivity index (χ3v) is 5.86. The Labute approximate surface area is 167 Å². The average molecular weight is 399 g/mol. The first-order valence-electron chi connectivity index (χ1n) is 9.61. The van der Waals surface area contributed by atoms with Gasteiger partial charge < -0.3 is 20.1 Å². The second kappa shape index (κ2) is 7.69. The Morgan fingerprint density at radius 2 is 2.07 bits per heavy atom. The zero-order chi connectivity index (χ0) is 20.4. The number of nitrogens with zero attached hydrogens (tertiary/aromatic N) is 2. The third-order valence-electron chi connectivity index (χ3n) is 5.86. The van der Waals surface area contributed by atoms with Gasteiger partial charge in [-0.1, -0.05) is 12.5 Å². The van der Waals surface area contributed by atoms with Crippen LogP contribution in [0.1, 0.15) is 24.8 Å². The van der Waals surface area contributed by atoms with Crippen molar-refractivity contribution in [2.75, 3.05) is 13.1 Å². The number of ether oxygens (including phenoxy) is 1. The SMILES string of the molecule is O=C(NCc1ccc(Oc2ccc(F)cc2)nc1)N1C[C@@H]2CCC[C@@]2(C(=O)O)C1. The first kappa shape index (κ1) is 19.2. The van der Waals surface area contributed by atoms with Gasteiger partial charge in [0.1, 0.15) is 11.6 Å². The predicted molar refractivity (Wildman–Crippen MR) is 102 cm³/mol. The molecular formula is C21H22FN3O4. The summed E-state index contributed by atoms with van der Waals surface area (Å²) < 4.78 is 18.5. The molecule has 29 heavy (non-hydrogen) atoms. The number of hydrogen-bond acceptors (Lipinski definition) is 4. The van der Waals surface area contributed by atoms with E-state index in [2.05, 4.69) is 10.3 Å².